The number of fused-ring (bicyclic) bond motifs is 6. The summed E-state index contributed by atoms with van der Waals surface area (Å²) < 4.78 is 19.9. The second-order valence-corrected chi connectivity index (χ2v) is 9.17. The molecule has 0 bridgehead atoms. The fraction of sp³-hybridized carbons (Fsp3) is 0.0303. The van der Waals surface area contributed by atoms with Crippen molar-refractivity contribution in [2.24, 2.45) is 0 Å². The maximum absolute atomic E-state index is 14.0. The zero-order chi connectivity index (χ0) is 24.9. The summed E-state index contributed by atoms with van der Waals surface area (Å²) in [5.41, 5.74) is 6.01. The number of carbonyl (C=O) groups excluding carboxylic acids is 1. The van der Waals surface area contributed by atoms with E-state index in [0.29, 0.717) is 22.4 Å². The van der Waals surface area contributed by atoms with E-state index in [4.69, 9.17) is 9.72 Å². The van der Waals surface area contributed by atoms with Crippen LogP contribution in [-0.4, -0.2) is 10.8 Å². The van der Waals surface area contributed by atoms with Crippen molar-refractivity contribution in [3.8, 4) is 28.1 Å². The van der Waals surface area contributed by atoms with Gasteiger partial charge in [-0.15, -0.1) is 0 Å². The van der Waals surface area contributed by atoms with E-state index in [1.54, 1.807) is 18.2 Å². The number of nitrogens with zero attached hydrogens (tertiary/aromatic N) is 1. The maximum Gasteiger partial charge on any atom is 0.196 e. The van der Waals surface area contributed by atoms with Crippen LogP contribution >= 0.6 is 0 Å². The smallest absolute Gasteiger partial charge is 0.196 e. The van der Waals surface area contributed by atoms with E-state index in [-0.39, 0.29) is 18.2 Å². The normalized spacial score (nSPS) is 12.1. The molecule has 0 atom stereocenters. The predicted octanol–water partition coefficient (Wildman–Crippen LogP) is 7.98. The number of aromatic nitrogens is 1. The van der Waals surface area contributed by atoms with Gasteiger partial charge in [0.2, 0.25) is 0 Å². The zero-order valence-electron chi connectivity index (χ0n) is 19.7. The van der Waals surface area contributed by atoms with E-state index in [0.717, 1.165) is 44.1 Å². The molecule has 0 fully saturated rings. The van der Waals surface area contributed by atoms with E-state index in [1.807, 2.05) is 66.7 Å². The lowest BCUT2D eigenvalue weighted by Crippen LogP contribution is -2.01. The minimum Gasteiger partial charge on any atom is -0.489 e. The van der Waals surface area contributed by atoms with Gasteiger partial charge in [0.25, 0.3) is 0 Å². The quantitative estimate of drug-likeness (QED) is 0.239. The Morgan fingerprint density at radius 1 is 0.703 bits per heavy atom. The molecule has 0 saturated heterocycles. The first-order valence-electron chi connectivity index (χ1n) is 12.2. The van der Waals surface area contributed by atoms with Gasteiger partial charge in [0, 0.05) is 27.6 Å². The van der Waals surface area contributed by atoms with Gasteiger partial charge in [0.05, 0.1) is 16.8 Å². The molecule has 0 amide bonds. The Kier molecular flexibility index (Phi) is 4.86. The van der Waals surface area contributed by atoms with Crippen LogP contribution in [0.4, 0.5) is 4.39 Å². The SMILES string of the molecule is O=C1c2ccccc2-c2nc3ccc4ccccc4c3c(-c3ccc(OCc4ccccc4F)cc3)c21. The molecule has 3 nitrogen and oxygen atoms in total. The number of ether oxygens (including phenoxy) is 1. The highest BCUT2D eigenvalue weighted by molar-refractivity contribution is 6.29. The van der Waals surface area contributed by atoms with Gasteiger partial charge < -0.3 is 4.74 Å². The lowest BCUT2D eigenvalue weighted by Gasteiger charge is -2.15. The van der Waals surface area contributed by atoms with E-state index in [1.165, 1.54) is 6.07 Å². The number of halogens is 1. The Hall–Kier alpha value is -4.83. The molecule has 0 radical (unpaired) electrons. The van der Waals surface area contributed by atoms with Gasteiger partial charge in [0.15, 0.2) is 5.78 Å². The molecule has 5 aromatic carbocycles. The minimum atomic E-state index is -0.289. The molecule has 1 aliphatic rings. The van der Waals surface area contributed by atoms with Crippen molar-refractivity contribution in [2.45, 2.75) is 6.61 Å². The molecule has 1 aromatic heterocycles. The molecule has 6 aromatic rings. The summed E-state index contributed by atoms with van der Waals surface area (Å²) in [6.45, 7) is 0.137. The Morgan fingerprint density at radius 2 is 1.43 bits per heavy atom. The van der Waals surface area contributed by atoms with E-state index >= 15 is 0 Å². The Bertz CT molecular complexity index is 1860. The Morgan fingerprint density at radius 3 is 2.27 bits per heavy atom. The first kappa shape index (κ1) is 21.5. The first-order chi connectivity index (χ1) is 18.2. The van der Waals surface area contributed by atoms with Crippen molar-refractivity contribution in [2.75, 3.05) is 0 Å². The summed E-state index contributed by atoms with van der Waals surface area (Å²) >= 11 is 0. The highest BCUT2D eigenvalue weighted by Crippen LogP contribution is 2.45. The third kappa shape index (κ3) is 3.41. The molecular formula is C33H20FNO2. The molecule has 0 saturated carbocycles. The molecular weight excluding hydrogens is 461 g/mol. The van der Waals surface area contributed by atoms with Crippen molar-refractivity contribution >= 4 is 27.5 Å². The number of hydrogen-bond acceptors (Lipinski definition) is 3. The summed E-state index contributed by atoms with van der Waals surface area (Å²) in [6.07, 6.45) is 0. The Balaban J connectivity index is 1.41. The first-order valence-corrected chi connectivity index (χ1v) is 12.2. The predicted molar refractivity (Wildman–Crippen MR) is 144 cm³/mol. The molecule has 0 spiro atoms. The van der Waals surface area contributed by atoms with E-state index in [2.05, 4.69) is 18.2 Å². The number of pyridine rings is 1. The van der Waals surface area contributed by atoms with Gasteiger partial charge in [-0.1, -0.05) is 84.9 Å². The monoisotopic (exact) mass is 481 g/mol. The van der Waals surface area contributed by atoms with Crippen LogP contribution in [0.25, 0.3) is 44.1 Å². The molecule has 0 N–H and O–H groups in total. The van der Waals surface area contributed by atoms with Gasteiger partial charge in [-0.3, -0.25) is 4.79 Å². The highest BCUT2D eigenvalue weighted by atomic mass is 19.1. The van der Waals surface area contributed by atoms with Gasteiger partial charge in [0.1, 0.15) is 18.2 Å². The molecule has 0 aliphatic heterocycles. The zero-order valence-corrected chi connectivity index (χ0v) is 19.7. The average molecular weight is 482 g/mol. The third-order valence-electron chi connectivity index (χ3n) is 7.03. The molecule has 0 unspecified atom stereocenters. The number of hydrogen-bond donors (Lipinski definition) is 0. The standard InChI is InChI=1S/C33H20FNO2/c34-27-12-6-2-8-22(27)19-37-23-16-13-21(14-17-23)29-30-24-9-3-1-7-20(24)15-18-28(30)35-32-25-10-4-5-11-26(25)33(36)31(29)32/h1-18H,19H2. The topological polar surface area (TPSA) is 39.2 Å². The lowest BCUT2D eigenvalue weighted by molar-refractivity contribution is 0.104. The van der Waals surface area contributed by atoms with Crippen LogP contribution in [0, 0.1) is 5.82 Å². The van der Waals surface area contributed by atoms with Crippen molar-refractivity contribution < 1.29 is 13.9 Å². The number of ketones is 1. The summed E-state index contributed by atoms with van der Waals surface area (Å²) in [6, 6.07) is 34.2. The van der Waals surface area contributed by atoms with Crippen LogP contribution in [0.1, 0.15) is 21.5 Å². The molecule has 4 heteroatoms. The number of rotatable bonds is 4. The molecule has 7 rings (SSSR count). The maximum atomic E-state index is 14.0. The fourth-order valence-electron chi connectivity index (χ4n) is 5.26. The summed E-state index contributed by atoms with van der Waals surface area (Å²) in [4.78, 5) is 18.7. The fourth-order valence-corrected chi connectivity index (χ4v) is 5.26. The van der Waals surface area contributed by atoms with Crippen LogP contribution in [0.15, 0.2) is 109 Å². The van der Waals surface area contributed by atoms with E-state index < -0.39 is 0 Å². The van der Waals surface area contributed by atoms with Gasteiger partial charge in [-0.25, -0.2) is 9.37 Å². The van der Waals surface area contributed by atoms with Crippen molar-refractivity contribution in [3.05, 3.63) is 132 Å². The lowest BCUT2D eigenvalue weighted by atomic mass is 9.91. The van der Waals surface area contributed by atoms with Crippen LogP contribution in [-0.2, 0) is 6.61 Å². The Labute approximate surface area is 212 Å². The van der Waals surface area contributed by atoms with Crippen LogP contribution in [0.5, 0.6) is 5.75 Å². The number of carbonyl (C=O) groups is 1. The summed E-state index contributed by atoms with van der Waals surface area (Å²) in [7, 11) is 0. The van der Waals surface area contributed by atoms with E-state index in [9.17, 15) is 9.18 Å². The minimum absolute atomic E-state index is 0.0113. The molecule has 1 aliphatic carbocycles. The average Bonchev–Trinajstić information content (AvgIpc) is 3.23. The molecule has 37 heavy (non-hydrogen) atoms. The molecule has 176 valence electrons. The van der Waals surface area contributed by atoms with Crippen molar-refractivity contribution in [3.63, 3.8) is 0 Å². The largest absolute Gasteiger partial charge is 0.489 e. The van der Waals surface area contributed by atoms with Crippen molar-refractivity contribution in [1.82, 2.24) is 4.98 Å². The third-order valence-corrected chi connectivity index (χ3v) is 7.03. The van der Waals surface area contributed by atoms with Gasteiger partial charge in [-0.05, 0) is 40.6 Å². The highest BCUT2D eigenvalue weighted by Gasteiger charge is 2.32. The van der Waals surface area contributed by atoms with Crippen LogP contribution in [0.3, 0.4) is 0 Å². The summed E-state index contributed by atoms with van der Waals surface area (Å²) in [5.74, 6) is 0.326. The molecule has 1 heterocycles. The van der Waals surface area contributed by atoms with Crippen LogP contribution in [0.2, 0.25) is 0 Å². The second-order valence-electron chi connectivity index (χ2n) is 9.17. The van der Waals surface area contributed by atoms with Gasteiger partial charge >= 0.3 is 0 Å². The summed E-state index contributed by atoms with van der Waals surface area (Å²) in [5, 5.41) is 3.10. The second kappa shape index (κ2) is 8.38. The van der Waals surface area contributed by atoms with Gasteiger partial charge in [-0.2, -0.15) is 0 Å². The van der Waals surface area contributed by atoms with Crippen molar-refractivity contribution in [1.29, 1.82) is 0 Å². The number of benzene rings is 5. The van der Waals surface area contributed by atoms with Crippen LogP contribution < -0.4 is 4.74 Å².